The van der Waals surface area contributed by atoms with E-state index in [1.807, 2.05) is 0 Å². The summed E-state index contributed by atoms with van der Waals surface area (Å²) in [5, 5.41) is 7.31. The third-order valence-corrected chi connectivity index (χ3v) is 3.46. The first-order valence-corrected chi connectivity index (χ1v) is 6.75. The van der Waals surface area contributed by atoms with Crippen LogP contribution in [0.4, 0.5) is 0 Å². The predicted octanol–water partition coefficient (Wildman–Crippen LogP) is 2.69. The molecule has 0 aromatic carbocycles. The van der Waals surface area contributed by atoms with Crippen LogP contribution in [0.2, 0.25) is 0 Å². The highest BCUT2D eigenvalue weighted by Gasteiger charge is 2.20. The van der Waals surface area contributed by atoms with Crippen LogP contribution >= 0.6 is 0 Å². The highest BCUT2D eigenvalue weighted by Crippen LogP contribution is 2.19. The Kier molecular flexibility index (Phi) is 6.26. The van der Waals surface area contributed by atoms with Gasteiger partial charge in [-0.25, -0.2) is 0 Å². The summed E-state index contributed by atoms with van der Waals surface area (Å²) in [5.41, 5.74) is 0. The molecular weight excluding hydrogens is 184 g/mol. The van der Waals surface area contributed by atoms with Crippen molar-refractivity contribution >= 4 is 0 Å². The maximum absolute atomic E-state index is 3.75. The molecular formula is C13H28N2. The monoisotopic (exact) mass is 212 g/mol. The summed E-state index contributed by atoms with van der Waals surface area (Å²) in [6, 6.07) is 2.27. The molecule has 0 radical (unpaired) electrons. The van der Waals surface area contributed by atoms with Crippen LogP contribution in [0.3, 0.4) is 0 Å². The molecule has 1 fully saturated rings. The molecule has 0 aromatic heterocycles. The Hall–Kier alpha value is -0.0800. The average molecular weight is 212 g/mol. The van der Waals surface area contributed by atoms with Gasteiger partial charge in [0.25, 0.3) is 0 Å². The zero-order chi connectivity index (χ0) is 11.1. The van der Waals surface area contributed by atoms with Crippen LogP contribution in [0.25, 0.3) is 0 Å². The van der Waals surface area contributed by atoms with Gasteiger partial charge in [0.05, 0.1) is 0 Å². The second-order valence-corrected chi connectivity index (χ2v) is 4.96. The molecule has 1 unspecified atom stereocenters. The highest BCUT2D eigenvalue weighted by molar-refractivity contribution is 4.82. The van der Waals surface area contributed by atoms with Gasteiger partial charge in [-0.1, -0.05) is 20.3 Å². The molecule has 0 bridgehead atoms. The molecule has 0 spiro atoms. The Balaban J connectivity index is 2.14. The standard InChI is InChI=1S/C13H28N2/c1-4-6-11(3)15-13-9-7-12(8-10-13)14-5-2/h11-15H,4-10H2,1-3H3. The number of hydrogen-bond acceptors (Lipinski definition) is 2. The van der Waals surface area contributed by atoms with Gasteiger partial charge in [-0.3, -0.25) is 0 Å². The normalized spacial score (nSPS) is 29.0. The van der Waals surface area contributed by atoms with Gasteiger partial charge in [-0.2, -0.15) is 0 Å². The Morgan fingerprint density at radius 1 is 1.07 bits per heavy atom. The summed E-state index contributed by atoms with van der Waals surface area (Å²) in [5.74, 6) is 0. The number of hydrogen-bond donors (Lipinski definition) is 2. The third-order valence-electron chi connectivity index (χ3n) is 3.46. The van der Waals surface area contributed by atoms with Crippen LogP contribution in [0.15, 0.2) is 0 Å². The molecule has 0 amide bonds. The zero-order valence-electron chi connectivity index (χ0n) is 10.7. The summed E-state index contributed by atoms with van der Waals surface area (Å²) in [6.07, 6.45) is 8.01. The average Bonchev–Trinajstić information content (AvgIpc) is 2.22. The zero-order valence-corrected chi connectivity index (χ0v) is 10.7. The van der Waals surface area contributed by atoms with Gasteiger partial charge >= 0.3 is 0 Å². The van der Waals surface area contributed by atoms with Gasteiger partial charge in [-0.05, 0) is 45.6 Å². The molecule has 0 saturated heterocycles. The van der Waals surface area contributed by atoms with Crippen LogP contribution in [0.1, 0.15) is 59.3 Å². The maximum Gasteiger partial charge on any atom is 0.00706 e. The van der Waals surface area contributed by atoms with E-state index in [4.69, 9.17) is 0 Å². The molecule has 15 heavy (non-hydrogen) atoms. The van der Waals surface area contributed by atoms with Gasteiger partial charge < -0.3 is 10.6 Å². The molecule has 1 aliphatic carbocycles. The van der Waals surface area contributed by atoms with E-state index in [1.165, 1.54) is 38.5 Å². The minimum atomic E-state index is 0.704. The molecule has 2 heteroatoms. The molecule has 2 N–H and O–H groups in total. The highest BCUT2D eigenvalue weighted by atomic mass is 15.0. The van der Waals surface area contributed by atoms with E-state index in [9.17, 15) is 0 Å². The first-order valence-electron chi connectivity index (χ1n) is 6.75. The molecule has 90 valence electrons. The first-order chi connectivity index (χ1) is 7.26. The maximum atomic E-state index is 3.75. The summed E-state index contributed by atoms with van der Waals surface area (Å²) in [4.78, 5) is 0. The molecule has 1 atom stereocenters. The fourth-order valence-corrected chi connectivity index (χ4v) is 2.67. The van der Waals surface area contributed by atoms with Crippen molar-refractivity contribution in [1.29, 1.82) is 0 Å². The van der Waals surface area contributed by atoms with E-state index < -0.39 is 0 Å². The van der Waals surface area contributed by atoms with E-state index in [2.05, 4.69) is 31.4 Å². The Bertz CT molecular complexity index is 151. The predicted molar refractivity (Wildman–Crippen MR) is 67.2 cm³/mol. The molecule has 1 rings (SSSR count). The smallest absolute Gasteiger partial charge is 0.00706 e. The van der Waals surface area contributed by atoms with Crippen molar-refractivity contribution in [3.8, 4) is 0 Å². The largest absolute Gasteiger partial charge is 0.314 e. The molecule has 2 nitrogen and oxygen atoms in total. The quantitative estimate of drug-likeness (QED) is 0.707. The Morgan fingerprint density at radius 2 is 1.67 bits per heavy atom. The summed E-state index contributed by atoms with van der Waals surface area (Å²) in [6.45, 7) is 7.91. The van der Waals surface area contributed by atoms with E-state index in [0.717, 1.165) is 18.6 Å². The second kappa shape index (κ2) is 7.24. The van der Waals surface area contributed by atoms with Crippen LogP contribution in [0.5, 0.6) is 0 Å². The van der Waals surface area contributed by atoms with E-state index >= 15 is 0 Å². The minimum Gasteiger partial charge on any atom is -0.314 e. The lowest BCUT2D eigenvalue weighted by molar-refractivity contribution is 0.290. The third kappa shape index (κ3) is 4.98. The van der Waals surface area contributed by atoms with Crippen LogP contribution in [-0.2, 0) is 0 Å². The lowest BCUT2D eigenvalue weighted by Gasteiger charge is -2.31. The van der Waals surface area contributed by atoms with Crippen molar-refractivity contribution in [3.63, 3.8) is 0 Å². The van der Waals surface area contributed by atoms with Gasteiger partial charge in [0.1, 0.15) is 0 Å². The van der Waals surface area contributed by atoms with Crippen molar-refractivity contribution in [3.05, 3.63) is 0 Å². The van der Waals surface area contributed by atoms with Crippen molar-refractivity contribution in [2.75, 3.05) is 6.54 Å². The van der Waals surface area contributed by atoms with Crippen molar-refractivity contribution in [2.24, 2.45) is 0 Å². The number of rotatable bonds is 6. The van der Waals surface area contributed by atoms with Crippen LogP contribution in [0, 0.1) is 0 Å². The summed E-state index contributed by atoms with van der Waals surface area (Å²) < 4.78 is 0. The van der Waals surface area contributed by atoms with Crippen LogP contribution < -0.4 is 10.6 Å². The second-order valence-electron chi connectivity index (χ2n) is 4.96. The Morgan fingerprint density at radius 3 is 2.20 bits per heavy atom. The minimum absolute atomic E-state index is 0.704. The summed E-state index contributed by atoms with van der Waals surface area (Å²) in [7, 11) is 0. The topological polar surface area (TPSA) is 24.1 Å². The van der Waals surface area contributed by atoms with E-state index in [-0.39, 0.29) is 0 Å². The van der Waals surface area contributed by atoms with E-state index in [0.29, 0.717) is 6.04 Å². The van der Waals surface area contributed by atoms with Crippen molar-refractivity contribution in [2.45, 2.75) is 77.4 Å². The van der Waals surface area contributed by atoms with Gasteiger partial charge in [0, 0.05) is 18.1 Å². The lowest BCUT2D eigenvalue weighted by Crippen LogP contribution is -2.42. The lowest BCUT2D eigenvalue weighted by atomic mass is 9.90. The summed E-state index contributed by atoms with van der Waals surface area (Å²) >= 11 is 0. The van der Waals surface area contributed by atoms with Gasteiger partial charge in [0.15, 0.2) is 0 Å². The molecule has 1 saturated carbocycles. The van der Waals surface area contributed by atoms with Gasteiger partial charge in [-0.15, -0.1) is 0 Å². The fraction of sp³-hybridized carbons (Fsp3) is 1.00. The van der Waals surface area contributed by atoms with Crippen molar-refractivity contribution < 1.29 is 0 Å². The van der Waals surface area contributed by atoms with E-state index in [1.54, 1.807) is 0 Å². The molecule has 0 aromatic rings. The Labute approximate surface area is 95.2 Å². The fourth-order valence-electron chi connectivity index (χ4n) is 2.67. The molecule has 0 aliphatic heterocycles. The first kappa shape index (κ1) is 13.0. The number of nitrogens with one attached hydrogen (secondary N) is 2. The van der Waals surface area contributed by atoms with Crippen molar-refractivity contribution in [1.82, 2.24) is 10.6 Å². The SMILES string of the molecule is CCCC(C)NC1CCC(NCC)CC1. The molecule has 1 aliphatic rings. The van der Waals surface area contributed by atoms with Gasteiger partial charge in [0.2, 0.25) is 0 Å². The molecule has 0 heterocycles. The van der Waals surface area contributed by atoms with Crippen LogP contribution in [-0.4, -0.2) is 24.7 Å².